The van der Waals surface area contributed by atoms with Crippen LogP contribution in [0.4, 0.5) is 11.4 Å². The lowest BCUT2D eigenvalue weighted by Gasteiger charge is -2.16. The van der Waals surface area contributed by atoms with Crippen molar-refractivity contribution in [1.82, 2.24) is 0 Å². The number of anilines is 2. The SMILES string of the molecule is COc1ccc(C(=O)OCC(=O)Nc2ccc(N3CCCC3=O)cc2)c(OC)c1. The summed E-state index contributed by atoms with van der Waals surface area (Å²) in [5.41, 5.74) is 1.53. The van der Waals surface area contributed by atoms with E-state index in [2.05, 4.69) is 5.32 Å². The minimum absolute atomic E-state index is 0.0997. The predicted octanol–water partition coefficient (Wildman–Crippen LogP) is 2.63. The van der Waals surface area contributed by atoms with Crippen LogP contribution in [0.2, 0.25) is 0 Å². The lowest BCUT2D eigenvalue weighted by molar-refractivity contribution is -0.119. The summed E-state index contributed by atoms with van der Waals surface area (Å²) in [5.74, 6) is -0.224. The molecule has 1 N–H and O–H groups in total. The normalized spacial score (nSPS) is 13.2. The largest absolute Gasteiger partial charge is 0.497 e. The fourth-order valence-corrected chi connectivity index (χ4v) is 3.02. The van der Waals surface area contributed by atoms with Crippen molar-refractivity contribution in [3.63, 3.8) is 0 Å². The van der Waals surface area contributed by atoms with Gasteiger partial charge in [0, 0.05) is 30.4 Å². The molecule has 1 saturated heterocycles. The van der Waals surface area contributed by atoms with E-state index in [-0.39, 0.29) is 11.5 Å². The van der Waals surface area contributed by atoms with E-state index in [0.29, 0.717) is 30.2 Å². The maximum Gasteiger partial charge on any atom is 0.342 e. The number of amides is 2. The molecule has 1 fully saturated rings. The molecule has 1 heterocycles. The van der Waals surface area contributed by atoms with Crippen molar-refractivity contribution < 1.29 is 28.6 Å². The molecule has 8 nitrogen and oxygen atoms in total. The molecule has 0 unspecified atom stereocenters. The van der Waals surface area contributed by atoms with Crippen molar-refractivity contribution in [1.29, 1.82) is 0 Å². The van der Waals surface area contributed by atoms with E-state index in [1.54, 1.807) is 41.3 Å². The number of nitrogens with one attached hydrogen (secondary N) is 1. The zero-order valence-electron chi connectivity index (χ0n) is 16.3. The van der Waals surface area contributed by atoms with Gasteiger partial charge in [-0.3, -0.25) is 9.59 Å². The maximum absolute atomic E-state index is 12.2. The van der Waals surface area contributed by atoms with Gasteiger partial charge in [0.2, 0.25) is 5.91 Å². The van der Waals surface area contributed by atoms with Crippen molar-refractivity contribution in [2.24, 2.45) is 0 Å². The molecule has 152 valence electrons. The third-order valence-corrected chi connectivity index (χ3v) is 4.50. The molecule has 1 aliphatic rings. The molecule has 0 radical (unpaired) electrons. The van der Waals surface area contributed by atoms with Crippen molar-refractivity contribution in [2.75, 3.05) is 37.6 Å². The molecular weight excluding hydrogens is 376 g/mol. The Labute approximate surface area is 168 Å². The summed E-state index contributed by atoms with van der Waals surface area (Å²) in [6.07, 6.45) is 1.41. The molecule has 0 saturated carbocycles. The molecule has 29 heavy (non-hydrogen) atoms. The highest BCUT2D eigenvalue weighted by Gasteiger charge is 2.21. The minimum atomic E-state index is -0.678. The highest BCUT2D eigenvalue weighted by atomic mass is 16.5. The number of nitrogens with zero attached hydrogens (tertiary/aromatic N) is 1. The first-order valence-electron chi connectivity index (χ1n) is 9.11. The Morgan fingerprint density at radius 2 is 1.83 bits per heavy atom. The molecule has 0 aromatic heterocycles. The number of benzene rings is 2. The Bertz CT molecular complexity index is 910. The van der Waals surface area contributed by atoms with E-state index in [9.17, 15) is 14.4 Å². The first-order valence-corrected chi connectivity index (χ1v) is 9.11. The van der Waals surface area contributed by atoms with Crippen LogP contribution in [0, 0.1) is 0 Å². The molecule has 0 bridgehead atoms. The number of carbonyl (C=O) groups excluding carboxylic acids is 3. The number of carbonyl (C=O) groups is 3. The molecule has 8 heteroatoms. The van der Waals surface area contributed by atoms with E-state index < -0.39 is 18.5 Å². The number of hydrogen-bond acceptors (Lipinski definition) is 6. The van der Waals surface area contributed by atoms with E-state index in [1.165, 1.54) is 20.3 Å². The highest BCUT2D eigenvalue weighted by molar-refractivity contribution is 5.98. The smallest absolute Gasteiger partial charge is 0.342 e. The van der Waals surface area contributed by atoms with Crippen LogP contribution in [0.25, 0.3) is 0 Å². The van der Waals surface area contributed by atoms with Gasteiger partial charge in [-0.2, -0.15) is 0 Å². The maximum atomic E-state index is 12.2. The molecule has 2 aromatic rings. The van der Waals surface area contributed by atoms with E-state index in [0.717, 1.165) is 12.1 Å². The van der Waals surface area contributed by atoms with Crippen LogP contribution in [-0.2, 0) is 14.3 Å². The lowest BCUT2D eigenvalue weighted by Crippen LogP contribution is -2.24. The van der Waals surface area contributed by atoms with Crippen LogP contribution in [0.15, 0.2) is 42.5 Å². The lowest BCUT2D eigenvalue weighted by atomic mass is 10.2. The summed E-state index contributed by atoms with van der Waals surface area (Å²) in [4.78, 5) is 37.8. The van der Waals surface area contributed by atoms with Crippen LogP contribution in [0.5, 0.6) is 11.5 Å². The standard InChI is InChI=1S/C21H22N2O6/c1-27-16-9-10-17(18(12-16)28-2)21(26)29-13-19(24)22-14-5-7-15(8-6-14)23-11-3-4-20(23)25/h5-10,12H,3-4,11,13H2,1-2H3,(H,22,24). The average molecular weight is 398 g/mol. The summed E-state index contributed by atoms with van der Waals surface area (Å²) in [6.45, 7) is 0.260. The highest BCUT2D eigenvalue weighted by Crippen LogP contribution is 2.25. The zero-order valence-corrected chi connectivity index (χ0v) is 16.3. The second kappa shape index (κ2) is 9.09. The van der Waals surface area contributed by atoms with Crippen LogP contribution in [-0.4, -0.2) is 45.2 Å². The summed E-state index contributed by atoms with van der Waals surface area (Å²) < 4.78 is 15.3. The third kappa shape index (κ3) is 4.84. The molecule has 0 atom stereocenters. The fourth-order valence-electron chi connectivity index (χ4n) is 3.02. The van der Waals surface area contributed by atoms with Crippen LogP contribution in [0.1, 0.15) is 23.2 Å². The first-order chi connectivity index (χ1) is 14.0. The summed E-state index contributed by atoms with van der Waals surface area (Å²) in [7, 11) is 2.93. The van der Waals surface area contributed by atoms with Crippen molar-refractivity contribution in [3.8, 4) is 11.5 Å². The second-order valence-electron chi connectivity index (χ2n) is 6.39. The molecule has 0 spiro atoms. The van der Waals surface area contributed by atoms with Gasteiger partial charge < -0.3 is 24.4 Å². The number of ether oxygens (including phenoxy) is 3. The van der Waals surface area contributed by atoms with Gasteiger partial charge in [-0.05, 0) is 42.8 Å². The molecule has 1 aliphatic heterocycles. The van der Waals surface area contributed by atoms with Crippen LogP contribution >= 0.6 is 0 Å². The molecule has 0 aliphatic carbocycles. The van der Waals surface area contributed by atoms with Crippen molar-refractivity contribution in [3.05, 3.63) is 48.0 Å². The number of rotatable bonds is 7. The summed E-state index contributed by atoms with van der Waals surface area (Å²) in [6, 6.07) is 11.6. The first kappa shape index (κ1) is 20.2. The summed E-state index contributed by atoms with van der Waals surface area (Å²) in [5, 5.41) is 2.65. The third-order valence-electron chi connectivity index (χ3n) is 4.50. The van der Waals surface area contributed by atoms with E-state index in [1.807, 2.05) is 0 Å². The Balaban J connectivity index is 1.54. The molecule has 3 rings (SSSR count). The van der Waals surface area contributed by atoms with E-state index in [4.69, 9.17) is 14.2 Å². The van der Waals surface area contributed by atoms with Gasteiger partial charge in [0.25, 0.3) is 5.91 Å². The zero-order chi connectivity index (χ0) is 20.8. The van der Waals surface area contributed by atoms with Crippen LogP contribution < -0.4 is 19.7 Å². The van der Waals surface area contributed by atoms with Crippen molar-refractivity contribution >= 4 is 29.2 Å². The van der Waals surface area contributed by atoms with Crippen molar-refractivity contribution in [2.45, 2.75) is 12.8 Å². The fraction of sp³-hybridized carbons (Fsp3) is 0.286. The van der Waals surface area contributed by atoms with Gasteiger partial charge in [-0.25, -0.2) is 4.79 Å². The Kier molecular flexibility index (Phi) is 6.33. The van der Waals surface area contributed by atoms with Gasteiger partial charge in [0.15, 0.2) is 6.61 Å². The predicted molar refractivity (Wildman–Crippen MR) is 106 cm³/mol. The average Bonchev–Trinajstić information content (AvgIpc) is 3.17. The van der Waals surface area contributed by atoms with Gasteiger partial charge >= 0.3 is 5.97 Å². The van der Waals surface area contributed by atoms with Gasteiger partial charge in [0.05, 0.1) is 14.2 Å². The minimum Gasteiger partial charge on any atom is -0.497 e. The Hall–Kier alpha value is -3.55. The molecule has 2 aromatic carbocycles. The number of methoxy groups -OCH3 is 2. The number of hydrogen-bond donors (Lipinski definition) is 1. The summed E-state index contributed by atoms with van der Waals surface area (Å²) >= 11 is 0. The molecular formula is C21H22N2O6. The Morgan fingerprint density at radius 1 is 1.07 bits per heavy atom. The monoisotopic (exact) mass is 398 g/mol. The van der Waals surface area contributed by atoms with Gasteiger partial charge in [-0.15, -0.1) is 0 Å². The quantitative estimate of drug-likeness (QED) is 0.721. The Morgan fingerprint density at radius 3 is 2.45 bits per heavy atom. The van der Waals surface area contributed by atoms with Gasteiger partial charge in [-0.1, -0.05) is 0 Å². The van der Waals surface area contributed by atoms with E-state index >= 15 is 0 Å². The topological polar surface area (TPSA) is 94.2 Å². The number of esters is 1. The molecule has 2 amide bonds. The second-order valence-corrected chi connectivity index (χ2v) is 6.39. The van der Waals surface area contributed by atoms with Gasteiger partial charge in [0.1, 0.15) is 17.1 Å². The van der Waals surface area contributed by atoms with Crippen LogP contribution in [0.3, 0.4) is 0 Å².